The zero-order valence-electron chi connectivity index (χ0n) is 20.9. The maximum atomic E-state index is 12.8. The molecule has 0 atom stereocenters. The Morgan fingerprint density at radius 1 is 0.919 bits per heavy atom. The molecule has 1 amide bonds. The molecule has 8 nitrogen and oxygen atoms in total. The van der Waals surface area contributed by atoms with Crippen LogP contribution in [-0.4, -0.2) is 62.2 Å². The maximum absolute atomic E-state index is 12.8. The quantitative estimate of drug-likeness (QED) is 0.360. The van der Waals surface area contributed by atoms with E-state index in [-0.39, 0.29) is 11.0 Å². The Balaban J connectivity index is 1.40. The summed E-state index contributed by atoms with van der Waals surface area (Å²) in [4.78, 5) is 29.4. The van der Waals surface area contributed by atoms with Crippen molar-refractivity contribution in [2.24, 2.45) is 0 Å². The fourth-order valence-electron chi connectivity index (χ4n) is 3.98. The van der Waals surface area contributed by atoms with E-state index < -0.39 is 5.97 Å². The van der Waals surface area contributed by atoms with E-state index in [2.05, 4.69) is 27.5 Å². The largest absolute Gasteiger partial charge is 0.489 e. The van der Waals surface area contributed by atoms with Crippen molar-refractivity contribution in [1.29, 1.82) is 0 Å². The molecular weight excluding hydrogens is 488 g/mol. The monoisotopic (exact) mass is 518 g/mol. The summed E-state index contributed by atoms with van der Waals surface area (Å²) < 4.78 is 10.7. The van der Waals surface area contributed by atoms with Crippen molar-refractivity contribution in [3.8, 4) is 5.75 Å². The van der Waals surface area contributed by atoms with Crippen molar-refractivity contribution in [3.05, 3.63) is 89.5 Å². The second-order valence-corrected chi connectivity index (χ2v) is 9.13. The predicted molar refractivity (Wildman–Crippen MR) is 148 cm³/mol. The minimum atomic E-state index is -0.447. The Labute approximate surface area is 222 Å². The average Bonchev–Trinajstić information content (AvgIpc) is 2.92. The molecule has 2 N–H and O–H groups in total. The van der Waals surface area contributed by atoms with E-state index in [1.54, 1.807) is 36.4 Å². The van der Waals surface area contributed by atoms with Gasteiger partial charge in [0, 0.05) is 31.7 Å². The molecule has 1 fully saturated rings. The van der Waals surface area contributed by atoms with Crippen LogP contribution in [0.1, 0.15) is 26.3 Å². The second kappa shape index (κ2) is 12.3. The molecule has 0 saturated carbocycles. The fourth-order valence-corrected chi connectivity index (χ4v) is 4.18. The number of thiocarbonyl (C=S) groups is 1. The summed E-state index contributed by atoms with van der Waals surface area (Å²) in [5.74, 6) is -0.132. The molecule has 1 aliphatic heterocycles. The van der Waals surface area contributed by atoms with Gasteiger partial charge in [-0.05, 0) is 67.3 Å². The first-order valence-electron chi connectivity index (χ1n) is 12.0. The van der Waals surface area contributed by atoms with Gasteiger partial charge >= 0.3 is 5.97 Å². The molecule has 192 valence electrons. The van der Waals surface area contributed by atoms with Crippen LogP contribution < -0.4 is 20.3 Å². The minimum absolute atomic E-state index is 0.131. The number of rotatable bonds is 7. The van der Waals surface area contributed by atoms with Crippen molar-refractivity contribution >= 4 is 40.6 Å². The Kier molecular flexibility index (Phi) is 8.71. The van der Waals surface area contributed by atoms with Crippen molar-refractivity contribution in [3.63, 3.8) is 0 Å². The van der Waals surface area contributed by atoms with E-state index in [1.165, 1.54) is 7.11 Å². The van der Waals surface area contributed by atoms with Crippen molar-refractivity contribution in [2.75, 3.05) is 50.6 Å². The van der Waals surface area contributed by atoms with Crippen LogP contribution in [0.15, 0.2) is 72.8 Å². The highest BCUT2D eigenvalue weighted by Gasteiger charge is 2.20. The van der Waals surface area contributed by atoms with Crippen LogP contribution in [0.25, 0.3) is 0 Å². The van der Waals surface area contributed by atoms with Gasteiger partial charge in [0.15, 0.2) is 5.11 Å². The molecule has 1 saturated heterocycles. The highest BCUT2D eigenvalue weighted by Crippen LogP contribution is 2.28. The Bertz CT molecular complexity index is 1240. The highest BCUT2D eigenvalue weighted by molar-refractivity contribution is 7.80. The van der Waals surface area contributed by atoms with Crippen LogP contribution in [0.4, 0.5) is 11.4 Å². The first-order chi connectivity index (χ1) is 17.9. The smallest absolute Gasteiger partial charge is 0.337 e. The first-order valence-corrected chi connectivity index (χ1v) is 12.4. The first kappa shape index (κ1) is 26.1. The number of methoxy groups -OCH3 is 1. The zero-order valence-corrected chi connectivity index (χ0v) is 21.7. The van der Waals surface area contributed by atoms with Gasteiger partial charge < -0.3 is 24.6 Å². The topological polar surface area (TPSA) is 83.1 Å². The molecule has 0 unspecified atom stereocenters. The molecule has 1 aliphatic rings. The van der Waals surface area contributed by atoms with E-state index in [9.17, 15) is 9.59 Å². The average molecular weight is 519 g/mol. The number of piperazine rings is 1. The number of esters is 1. The van der Waals surface area contributed by atoms with Crippen LogP contribution in [0, 0.1) is 0 Å². The van der Waals surface area contributed by atoms with E-state index in [4.69, 9.17) is 21.7 Å². The fraction of sp³-hybridized carbons (Fsp3) is 0.250. The molecule has 0 radical (unpaired) electrons. The van der Waals surface area contributed by atoms with Gasteiger partial charge in [-0.1, -0.05) is 30.3 Å². The molecule has 4 rings (SSSR count). The minimum Gasteiger partial charge on any atom is -0.489 e. The summed E-state index contributed by atoms with van der Waals surface area (Å²) in [6.45, 7) is 3.96. The number of anilines is 2. The Morgan fingerprint density at radius 2 is 1.59 bits per heavy atom. The summed E-state index contributed by atoms with van der Waals surface area (Å²) in [6.07, 6.45) is 0. The van der Waals surface area contributed by atoms with E-state index in [0.717, 1.165) is 37.4 Å². The molecule has 0 bridgehead atoms. The van der Waals surface area contributed by atoms with Gasteiger partial charge in [0.2, 0.25) is 0 Å². The number of nitrogens with zero attached hydrogens (tertiary/aromatic N) is 2. The zero-order chi connectivity index (χ0) is 26.2. The molecule has 3 aromatic carbocycles. The Hall–Kier alpha value is -3.95. The molecular formula is C28H30N4O4S. The maximum Gasteiger partial charge on any atom is 0.337 e. The number of likely N-dealkylation sites (N-methyl/N-ethyl adjacent to an activating group) is 1. The summed E-state index contributed by atoms with van der Waals surface area (Å²) in [5.41, 5.74) is 3.43. The summed E-state index contributed by atoms with van der Waals surface area (Å²) >= 11 is 5.44. The van der Waals surface area contributed by atoms with Gasteiger partial charge in [0.05, 0.1) is 24.0 Å². The summed E-state index contributed by atoms with van der Waals surface area (Å²) in [6, 6.07) is 22.0. The lowest BCUT2D eigenvalue weighted by Crippen LogP contribution is -2.45. The van der Waals surface area contributed by atoms with Gasteiger partial charge in [0.1, 0.15) is 12.4 Å². The van der Waals surface area contributed by atoms with Gasteiger partial charge in [-0.2, -0.15) is 0 Å². The lowest BCUT2D eigenvalue weighted by Gasteiger charge is -2.35. The van der Waals surface area contributed by atoms with Gasteiger partial charge in [0.25, 0.3) is 5.91 Å². The Morgan fingerprint density at radius 3 is 2.27 bits per heavy atom. The summed E-state index contributed by atoms with van der Waals surface area (Å²) in [5, 5.41) is 5.95. The third-order valence-corrected chi connectivity index (χ3v) is 6.31. The molecule has 1 heterocycles. The van der Waals surface area contributed by atoms with Crippen molar-refractivity contribution in [1.82, 2.24) is 10.2 Å². The third-order valence-electron chi connectivity index (χ3n) is 6.10. The van der Waals surface area contributed by atoms with Crippen LogP contribution in [0.3, 0.4) is 0 Å². The third kappa shape index (κ3) is 7.05. The number of hydrogen-bond acceptors (Lipinski definition) is 7. The predicted octanol–water partition coefficient (Wildman–Crippen LogP) is 3.93. The SMILES string of the molecule is COC(=O)c1ccc(N2CCN(C)CC2)c(NC(=S)NC(=O)c2ccc(OCc3ccccc3)cc2)c1. The number of benzene rings is 3. The van der Waals surface area contributed by atoms with E-state index in [1.807, 2.05) is 36.4 Å². The number of nitrogens with one attached hydrogen (secondary N) is 2. The number of carbonyl (C=O) groups excluding carboxylic acids is 2. The number of hydrogen-bond donors (Lipinski definition) is 2. The van der Waals surface area contributed by atoms with Gasteiger partial charge in [-0.15, -0.1) is 0 Å². The molecule has 9 heteroatoms. The van der Waals surface area contributed by atoms with Crippen LogP contribution in [-0.2, 0) is 11.3 Å². The summed E-state index contributed by atoms with van der Waals surface area (Å²) in [7, 11) is 3.43. The van der Waals surface area contributed by atoms with Crippen LogP contribution in [0.2, 0.25) is 0 Å². The standard InChI is InChI=1S/C28H30N4O4S/c1-31-14-16-32(17-15-31)25-13-10-22(27(34)35-2)18-24(25)29-28(37)30-26(33)21-8-11-23(12-9-21)36-19-20-6-4-3-5-7-20/h3-13,18H,14-17,19H2,1-2H3,(H2,29,30,33,37). The van der Waals surface area contributed by atoms with Gasteiger partial charge in [-0.3, -0.25) is 10.1 Å². The van der Waals surface area contributed by atoms with E-state index in [0.29, 0.717) is 29.2 Å². The molecule has 0 aromatic heterocycles. The lowest BCUT2D eigenvalue weighted by molar-refractivity contribution is 0.0600. The molecule has 3 aromatic rings. The normalized spacial score (nSPS) is 13.5. The lowest BCUT2D eigenvalue weighted by atomic mass is 10.1. The highest BCUT2D eigenvalue weighted by atomic mass is 32.1. The van der Waals surface area contributed by atoms with Gasteiger partial charge in [-0.25, -0.2) is 4.79 Å². The molecule has 0 spiro atoms. The molecule has 37 heavy (non-hydrogen) atoms. The number of amides is 1. The number of ether oxygens (including phenoxy) is 2. The second-order valence-electron chi connectivity index (χ2n) is 8.72. The van der Waals surface area contributed by atoms with Crippen LogP contribution in [0.5, 0.6) is 5.75 Å². The van der Waals surface area contributed by atoms with Crippen LogP contribution >= 0.6 is 12.2 Å². The van der Waals surface area contributed by atoms with E-state index >= 15 is 0 Å². The molecule has 0 aliphatic carbocycles. The number of carbonyl (C=O) groups is 2. The van der Waals surface area contributed by atoms with Crippen molar-refractivity contribution in [2.45, 2.75) is 6.61 Å². The van der Waals surface area contributed by atoms with Crippen molar-refractivity contribution < 1.29 is 19.1 Å².